The number of hydrogen-bond donors (Lipinski definition) is 1. The summed E-state index contributed by atoms with van der Waals surface area (Å²) in [7, 11) is -3.77. The van der Waals surface area contributed by atoms with Gasteiger partial charge in [-0.2, -0.15) is 0 Å². The molecule has 0 aliphatic carbocycles. The molecule has 0 fully saturated rings. The highest BCUT2D eigenvalue weighted by atomic mass is 32.2. The van der Waals surface area contributed by atoms with E-state index in [1.165, 1.54) is 12.1 Å². The fraction of sp³-hybridized carbons (Fsp3) is 0.250. The van der Waals surface area contributed by atoms with Crippen molar-refractivity contribution in [1.82, 2.24) is 4.72 Å². The second kappa shape index (κ2) is 6.89. The summed E-state index contributed by atoms with van der Waals surface area (Å²) in [6, 6.07) is 12.8. The lowest BCUT2D eigenvalue weighted by Crippen LogP contribution is -2.34. The fourth-order valence-corrected chi connectivity index (χ4v) is 3.31. The van der Waals surface area contributed by atoms with Crippen LogP contribution in [0.5, 0.6) is 5.75 Å². The average molecular weight is 323 g/mol. The third-order valence-corrected chi connectivity index (χ3v) is 4.65. The van der Waals surface area contributed by atoms with Gasteiger partial charge >= 0.3 is 0 Å². The van der Waals surface area contributed by atoms with Crippen molar-refractivity contribution in [3.05, 3.63) is 59.9 Å². The average Bonchev–Trinajstić information content (AvgIpc) is 2.49. The molecule has 118 valence electrons. The lowest BCUT2D eigenvalue weighted by atomic mass is 10.2. The van der Waals surface area contributed by atoms with Crippen LogP contribution in [0.15, 0.2) is 53.4 Å². The highest BCUT2D eigenvalue weighted by molar-refractivity contribution is 7.89. The van der Waals surface area contributed by atoms with Crippen molar-refractivity contribution in [2.45, 2.75) is 24.8 Å². The predicted molar refractivity (Wildman–Crippen MR) is 82.9 cm³/mol. The van der Waals surface area contributed by atoms with E-state index in [0.717, 1.165) is 6.07 Å². The van der Waals surface area contributed by atoms with E-state index in [1.54, 1.807) is 26.0 Å². The largest absolute Gasteiger partial charge is 0.489 e. The quantitative estimate of drug-likeness (QED) is 0.889. The van der Waals surface area contributed by atoms with E-state index in [2.05, 4.69) is 4.72 Å². The van der Waals surface area contributed by atoms with Crippen molar-refractivity contribution in [2.75, 3.05) is 6.54 Å². The van der Waals surface area contributed by atoms with Crippen molar-refractivity contribution in [2.24, 2.45) is 0 Å². The maximum Gasteiger partial charge on any atom is 0.241 e. The van der Waals surface area contributed by atoms with Gasteiger partial charge in [0.15, 0.2) is 0 Å². The van der Waals surface area contributed by atoms with E-state index in [9.17, 15) is 12.8 Å². The van der Waals surface area contributed by atoms with E-state index >= 15 is 0 Å². The number of benzene rings is 2. The van der Waals surface area contributed by atoms with Crippen molar-refractivity contribution in [1.29, 1.82) is 0 Å². The van der Waals surface area contributed by atoms with E-state index < -0.39 is 15.8 Å². The first-order valence-electron chi connectivity index (χ1n) is 6.86. The normalized spacial score (nSPS) is 12.9. The molecule has 1 unspecified atom stereocenters. The zero-order chi connectivity index (χ0) is 16.2. The molecular weight excluding hydrogens is 305 g/mol. The van der Waals surface area contributed by atoms with Crippen LogP contribution in [-0.4, -0.2) is 21.1 Å². The van der Waals surface area contributed by atoms with Gasteiger partial charge in [0.25, 0.3) is 0 Å². The monoisotopic (exact) mass is 323 g/mol. The van der Waals surface area contributed by atoms with Gasteiger partial charge in [0.2, 0.25) is 10.0 Å². The Morgan fingerprint density at radius 2 is 1.86 bits per heavy atom. The van der Waals surface area contributed by atoms with E-state index in [0.29, 0.717) is 11.3 Å². The third-order valence-electron chi connectivity index (χ3n) is 3.08. The van der Waals surface area contributed by atoms with E-state index in [4.69, 9.17) is 4.74 Å². The molecule has 0 bridgehead atoms. The smallest absolute Gasteiger partial charge is 0.241 e. The molecule has 0 amide bonds. The van der Waals surface area contributed by atoms with Gasteiger partial charge in [-0.1, -0.05) is 24.3 Å². The number of ether oxygens (including phenoxy) is 1. The van der Waals surface area contributed by atoms with Crippen LogP contribution in [0.3, 0.4) is 0 Å². The molecule has 0 aliphatic heterocycles. The highest BCUT2D eigenvalue weighted by Crippen LogP contribution is 2.16. The number of halogens is 1. The van der Waals surface area contributed by atoms with Crippen LogP contribution >= 0.6 is 0 Å². The molecule has 2 aromatic carbocycles. The molecule has 0 heterocycles. The van der Waals surface area contributed by atoms with Crippen molar-refractivity contribution in [3.8, 4) is 5.75 Å². The zero-order valence-corrected chi connectivity index (χ0v) is 13.2. The molecule has 0 aliphatic rings. The molecular formula is C16H18FNO3S. The molecule has 2 rings (SSSR count). The lowest BCUT2D eigenvalue weighted by Gasteiger charge is -2.16. The first-order chi connectivity index (χ1) is 10.4. The van der Waals surface area contributed by atoms with Crippen LogP contribution in [0.4, 0.5) is 4.39 Å². The molecule has 1 N–H and O–H groups in total. The lowest BCUT2D eigenvalue weighted by molar-refractivity contribution is 0.225. The molecule has 0 saturated carbocycles. The summed E-state index contributed by atoms with van der Waals surface area (Å²) in [5.41, 5.74) is 0.491. The predicted octanol–water partition coefficient (Wildman–Crippen LogP) is 2.88. The molecule has 0 saturated heterocycles. The van der Waals surface area contributed by atoms with Gasteiger partial charge in [-0.05, 0) is 43.7 Å². The van der Waals surface area contributed by atoms with Gasteiger partial charge in [0, 0.05) is 6.54 Å². The summed E-state index contributed by atoms with van der Waals surface area (Å²) in [6.45, 7) is 3.47. The Morgan fingerprint density at radius 1 is 1.18 bits per heavy atom. The van der Waals surface area contributed by atoms with Crippen LogP contribution in [0.1, 0.15) is 12.5 Å². The Labute approximate surface area is 130 Å². The van der Waals surface area contributed by atoms with Gasteiger partial charge in [-0.3, -0.25) is 0 Å². The number of hydrogen-bond acceptors (Lipinski definition) is 3. The van der Waals surface area contributed by atoms with Gasteiger partial charge in [0.05, 0.1) is 4.90 Å². The van der Waals surface area contributed by atoms with Gasteiger partial charge in [0.1, 0.15) is 17.7 Å². The van der Waals surface area contributed by atoms with Gasteiger partial charge < -0.3 is 4.74 Å². The van der Waals surface area contributed by atoms with Gasteiger partial charge in [-0.15, -0.1) is 0 Å². The molecule has 0 spiro atoms. The maximum atomic E-state index is 13.2. The Morgan fingerprint density at radius 3 is 2.55 bits per heavy atom. The summed E-state index contributed by atoms with van der Waals surface area (Å²) < 4.78 is 45.7. The second-order valence-corrected chi connectivity index (χ2v) is 6.74. The molecule has 0 aromatic heterocycles. The van der Waals surface area contributed by atoms with Crippen LogP contribution in [0.25, 0.3) is 0 Å². The minimum absolute atomic E-state index is 0.0561. The molecule has 1 atom stereocenters. The molecule has 22 heavy (non-hydrogen) atoms. The highest BCUT2D eigenvalue weighted by Gasteiger charge is 2.18. The second-order valence-electron chi connectivity index (χ2n) is 5.00. The number of nitrogens with one attached hydrogen (secondary N) is 1. The summed E-state index contributed by atoms with van der Waals surface area (Å²) in [5.74, 6) is 0.0793. The van der Waals surface area contributed by atoms with Crippen LogP contribution in [0, 0.1) is 12.7 Å². The van der Waals surface area contributed by atoms with Crippen molar-refractivity contribution < 1.29 is 17.5 Å². The molecule has 2 aromatic rings. The maximum absolute atomic E-state index is 13.2. The van der Waals surface area contributed by atoms with Crippen LogP contribution in [-0.2, 0) is 10.0 Å². The number of sulfonamides is 1. The molecule has 6 heteroatoms. The van der Waals surface area contributed by atoms with Crippen molar-refractivity contribution >= 4 is 10.0 Å². The van der Waals surface area contributed by atoms with Crippen LogP contribution in [0.2, 0.25) is 0 Å². The Hall–Kier alpha value is -1.92. The van der Waals surface area contributed by atoms with Crippen molar-refractivity contribution in [3.63, 3.8) is 0 Å². The molecule has 4 nitrogen and oxygen atoms in total. The minimum Gasteiger partial charge on any atom is -0.489 e. The van der Waals surface area contributed by atoms with Gasteiger partial charge in [-0.25, -0.2) is 17.5 Å². The summed E-state index contributed by atoms with van der Waals surface area (Å²) in [5, 5.41) is 0. The Kier molecular flexibility index (Phi) is 5.15. The number of aryl methyl sites for hydroxylation is 1. The number of para-hydroxylation sites is 1. The fourth-order valence-electron chi connectivity index (χ4n) is 1.94. The minimum atomic E-state index is -3.77. The first-order valence-corrected chi connectivity index (χ1v) is 8.34. The summed E-state index contributed by atoms with van der Waals surface area (Å²) in [4.78, 5) is -0.0561. The Bertz CT molecular complexity index is 732. The van der Waals surface area contributed by atoms with Crippen LogP contribution < -0.4 is 9.46 Å². The third kappa shape index (κ3) is 4.29. The zero-order valence-electron chi connectivity index (χ0n) is 12.4. The van der Waals surface area contributed by atoms with E-state index in [-0.39, 0.29) is 17.5 Å². The topological polar surface area (TPSA) is 55.4 Å². The Balaban J connectivity index is 2.02. The van der Waals surface area contributed by atoms with E-state index in [1.807, 2.05) is 18.2 Å². The number of rotatable bonds is 6. The SMILES string of the molecule is Cc1ccc(F)cc1S(=O)(=O)NCC(C)Oc1ccccc1. The summed E-state index contributed by atoms with van der Waals surface area (Å²) in [6.07, 6.45) is -0.356. The first kappa shape index (κ1) is 16.5. The molecule has 0 radical (unpaired) electrons. The summed E-state index contributed by atoms with van der Waals surface area (Å²) >= 11 is 0. The standard InChI is InChI=1S/C16H18FNO3S/c1-12-8-9-14(17)10-16(12)22(19,20)18-11-13(2)21-15-6-4-3-5-7-15/h3-10,13,18H,11H2,1-2H3.